The zero-order chi connectivity index (χ0) is 21.8. The molecule has 31 heavy (non-hydrogen) atoms. The molecule has 1 aliphatic heterocycles. The minimum atomic E-state index is -0.760. The molecule has 0 spiro atoms. The second kappa shape index (κ2) is 9.47. The van der Waals surface area contributed by atoms with Crippen molar-refractivity contribution in [1.29, 1.82) is 0 Å². The summed E-state index contributed by atoms with van der Waals surface area (Å²) < 4.78 is 31.0. The Hall–Kier alpha value is -2.94. The van der Waals surface area contributed by atoms with Crippen LogP contribution in [-0.4, -0.2) is 64.3 Å². The number of amides is 1. The van der Waals surface area contributed by atoms with Gasteiger partial charge in [-0.15, -0.1) is 0 Å². The van der Waals surface area contributed by atoms with E-state index in [2.05, 4.69) is 20.3 Å². The van der Waals surface area contributed by atoms with E-state index in [1.165, 1.54) is 0 Å². The van der Waals surface area contributed by atoms with Crippen molar-refractivity contribution < 1.29 is 18.0 Å². The Morgan fingerprint density at radius 3 is 2.68 bits per heavy atom. The van der Waals surface area contributed by atoms with Crippen LogP contribution in [0.2, 0.25) is 0 Å². The first-order chi connectivity index (χ1) is 15.1. The first-order valence-corrected chi connectivity index (χ1v) is 10.4. The molecule has 0 saturated carbocycles. The van der Waals surface area contributed by atoms with Gasteiger partial charge < -0.3 is 14.6 Å². The normalized spacial score (nSPS) is 15.2. The third kappa shape index (κ3) is 5.04. The standard InChI is InChI=1S/C22H25F2N5O2/c1-14-25-13-20(31-14)15-2-3-16-12-26-21(28-19(16)8-15)9-22(30)29-6-4-17(5-7-29)27-18(10-23)11-24/h2-3,8,12-13,17-18,27H,4-7,9-11H2,1H3. The molecule has 164 valence electrons. The Labute approximate surface area is 178 Å². The molecule has 0 radical (unpaired) electrons. The zero-order valence-corrected chi connectivity index (χ0v) is 17.4. The highest BCUT2D eigenvalue weighted by molar-refractivity contribution is 5.83. The quantitative estimate of drug-likeness (QED) is 0.622. The van der Waals surface area contributed by atoms with E-state index in [1.54, 1.807) is 24.2 Å². The lowest BCUT2D eigenvalue weighted by molar-refractivity contribution is -0.131. The first-order valence-electron chi connectivity index (χ1n) is 10.4. The molecule has 1 amide bonds. The number of likely N-dealkylation sites (tertiary alicyclic amines) is 1. The van der Waals surface area contributed by atoms with Crippen LogP contribution in [0, 0.1) is 6.92 Å². The molecule has 2 aromatic heterocycles. The molecule has 0 atom stereocenters. The van der Waals surface area contributed by atoms with Crippen LogP contribution >= 0.6 is 0 Å². The molecule has 1 saturated heterocycles. The van der Waals surface area contributed by atoms with Gasteiger partial charge in [-0.2, -0.15) is 0 Å². The average Bonchev–Trinajstić information content (AvgIpc) is 3.23. The largest absolute Gasteiger partial charge is 0.441 e. The molecule has 3 heterocycles. The Kier molecular flexibility index (Phi) is 6.50. The number of alkyl halides is 2. The van der Waals surface area contributed by atoms with Crippen molar-refractivity contribution >= 4 is 16.8 Å². The van der Waals surface area contributed by atoms with E-state index in [0.29, 0.717) is 43.4 Å². The van der Waals surface area contributed by atoms with E-state index < -0.39 is 19.4 Å². The summed E-state index contributed by atoms with van der Waals surface area (Å²) in [5, 5.41) is 3.85. The van der Waals surface area contributed by atoms with E-state index in [4.69, 9.17) is 4.42 Å². The third-order valence-corrected chi connectivity index (χ3v) is 5.54. The van der Waals surface area contributed by atoms with E-state index in [0.717, 1.165) is 16.5 Å². The number of nitrogens with one attached hydrogen (secondary N) is 1. The van der Waals surface area contributed by atoms with Crippen molar-refractivity contribution in [2.24, 2.45) is 0 Å². The summed E-state index contributed by atoms with van der Waals surface area (Å²) in [5.41, 5.74) is 1.59. The number of hydrogen-bond donors (Lipinski definition) is 1. The smallest absolute Gasteiger partial charge is 0.230 e. The van der Waals surface area contributed by atoms with Gasteiger partial charge in [0.05, 0.1) is 24.2 Å². The van der Waals surface area contributed by atoms with Gasteiger partial charge >= 0.3 is 0 Å². The van der Waals surface area contributed by atoms with Crippen molar-refractivity contribution in [3.8, 4) is 11.3 Å². The van der Waals surface area contributed by atoms with Crippen LogP contribution in [0.15, 0.2) is 35.0 Å². The van der Waals surface area contributed by atoms with Crippen LogP contribution in [0.4, 0.5) is 8.78 Å². The number of rotatable bonds is 7. The van der Waals surface area contributed by atoms with Crippen LogP contribution in [0.5, 0.6) is 0 Å². The van der Waals surface area contributed by atoms with Gasteiger partial charge in [0.25, 0.3) is 0 Å². The number of carbonyl (C=O) groups excluding carboxylic acids is 1. The van der Waals surface area contributed by atoms with Crippen molar-refractivity contribution in [2.45, 2.75) is 38.3 Å². The van der Waals surface area contributed by atoms with Crippen molar-refractivity contribution in [2.75, 3.05) is 26.4 Å². The summed E-state index contributed by atoms with van der Waals surface area (Å²) in [6, 6.07) is 4.99. The zero-order valence-electron chi connectivity index (χ0n) is 17.4. The maximum absolute atomic E-state index is 12.7. The molecule has 1 aliphatic rings. The predicted molar refractivity (Wildman–Crippen MR) is 112 cm³/mol. The van der Waals surface area contributed by atoms with Crippen molar-refractivity contribution in [3.05, 3.63) is 42.3 Å². The summed E-state index contributed by atoms with van der Waals surface area (Å²) in [6.07, 6.45) is 4.83. The number of carbonyl (C=O) groups is 1. The Bertz CT molecular complexity index is 1050. The van der Waals surface area contributed by atoms with Crippen LogP contribution < -0.4 is 5.32 Å². The van der Waals surface area contributed by atoms with Gasteiger partial charge in [0.15, 0.2) is 11.7 Å². The number of hydrogen-bond acceptors (Lipinski definition) is 6. The topological polar surface area (TPSA) is 84.2 Å². The SMILES string of the molecule is Cc1ncc(-c2ccc3cnc(CC(=O)N4CCC(NC(CF)CF)CC4)nc3c2)o1. The second-order valence-electron chi connectivity index (χ2n) is 7.81. The predicted octanol–water partition coefficient (Wildman–Crippen LogP) is 3.02. The van der Waals surface area contributed by atoms with Crippen molar-refractivity contribution in [3.63, 3.8) is 0 Å². The molecule has 4 rings (SSSR count). The lowest BCUT2D eigenvalue weighted by Gasteiger charge is -2.33. The summed E-state index contributed by atoms with van der Waals surface area (Å²) >= 11 is 0. The summed E-state index contributed by atoms with van der Waals surface area (Å²) in [4.78, 5) is 27.5. The first kappa shape index (κ1) is 21.3. The highest BCUT2D eigenvalue weighted by Gasteiger charge is 2.25. The number of aryl methyl sites for hydroxylation is 1. The van der Waals surface area contributed by atoms with E-state index in [9.17, 15) is 13.6 Å². The van der Waals surface area contributed by atoms with Gasteiger partial charge in [0.1, 0.15) is 19.2 Å². The number of halogens is 2. The van der Waals surface area contributed by atoms with E-state index >= 15 is 0 Å². The summed E-state index contributed by atoms with van der Waals surface area (Å²) in [7, 11) is 0. The Morgan fingerprint density at radius 1 is 1.23 bits per heavy atom. The van der Waals surface area contributed by atoms with Crippen LogP contribution in [-0.2, 0) is 11.2 Å². The monoisotopic (exact) mass is 429 g/mol. The minimum absolute atomic E-state index is 0.0237. The van der Waals surface area contributed by atoms with Gasteiger partial charge in [-0.1, -0.05) is 12.1 Å². The van der Waals surface area contributed by atoms with E-state index in [1.807, 2.05) is 18.2 Å². The highest BCUT2D eigenvalue weighted by atomic mass is 19.1. The molecule has 7 nitrogen and oxygen atoms in total. The fourth-order valence-electron chi connectivity index (χ4n) is 3.80. The molecule has 1 fully saturated rings. The highest BCUT2D eigenvalue weighted by Crippen LogP contribution is 2.24. The fourth-order valence-corrected chi connectivity index (χ4v) is 3.80. The van der Waals surface area contributed by atoms with Gasteiger partial charge in [0.2, 0.25) is 5.91 Å². The molecule has 3 aromatic rings. The van der Waals surface area contributed by atoms with Gasteiger partial charge in [-0.3, -0.25) is 4.79 Å². The third-order valence-electron chi connectivity index (χ3n) is 5.54. The number of oxazole rings is 1. The number of nitrogens with zero attached hydrogens (tertiary/aromatic N) is 4. The van der Waals surface area contributed by atoms with Crippen molar-refractivity contribution in [1.82, 2.24) is 25.2 Å². The van der Waals surface area contributed by atoms with Gasteiger partial charge in [-0.25, -0.2) is 23.7 Å². The molecule has 9 heteroatoms. The molecule has 0 aliphatic carbocycles. The molecular weight excluding hydrogens is 404 g/mol. The van der Waals surface area contributed by atoms with E-state index in [-0.39, 0.29) is 18.4 Å². The van der Waals surface area contributed by atoms with Gasteiger partial charge in [-0.05, 0) is 18.9 Å². The average molecular weight is 429 g/mol. The molecule has 0 bridgehead atoms. The number of aromatic nitrogens is 3. The molecule has 1 N–H and O–H groups in total. The maximum atomic E-state index is 12.7. The molecular formula is C22H25F2N5O2. The second-order valence-corrected chi connectivity index (χ2v) is 7.81. The minimum Gasteiger partial charge on any atom is -0.441 e. The number of piperidine rings is 1. The lowest BCUT2D eigenvalue weighted by Crippen LogP contribution is -2.49. The Balaban J connectivity index is 1.39. The van der Waals surface area contributed by atoms with Crippen LogP contribution in [0.1, 0.15) is 24.6 Å². The summed E-state index contributed by atoms with van der Waals surface area (Å²) in [6.45, 7) is 1.42. The molecule has 1 aromatic carbocycles. The fraction of sp³-hybridized carbons (Fsp3) is 0.455. The van der Waals surface area contributed by atoms with Crippen LogP contribution in [0.25, 0.3) is 22.2 Å². The van der Waals surface area contributed by atoms with Gasteiger partial charge in [0, 0.05) is 43.2 Å². The summed E-state index contributed by atoms with van der Waals surface area (Å²) in [5.74, 6) is 1.66. The maximum Gasteiger partial charge on any atom is 0.230 e. The number of fused-ring (bicyclic) bond motifs is 1. The lowest BCUT2D eigenvalue weighted by atomic mass is 10.0. The Morgan fingerprint density at radius 2 is 2.00 bits per heavy atom. The number of benzene rings is 1. The molecule has 0 unspecified atom stereocenters. The van der Waals surface area contributed by atoms with Crippen LogP contribution in [0.3, 0.4) is 0 Å².